The lowest BCUT2D eigenvalue weighted by Crippen LogP contribution is -2.11. The molecule has 0 aliphatic carbocycles. The van der Waals surface area contributed by atoms with E-state index in [0.29, 0.717) is 22.4 Å². The van der Waals surface area contributed by atoms with E-state index in [1.165, 1.54) is 43.3 Å². The first kappa shape index (κ1) is 19.9. The number of halogens is 1. The normalized spacial score (nSPS) is 11.4. The molecule has 4 aromatic rings. The van der Waals surface area contributed by atoms with E-state index in [4.69, 9.17) is 4.52 Å². The average Bonchev–Trinajstić information content (AvgIpc) is 3.38. The van der Waals surface area contributed by atoms with E-state index in [1.54, 1.807) is 23.6 Å². The lowest BCUT2D eigenvalue weighted by molar-refractivity contribution is 0.101. The molecule has 1 N–H and O–H groups in total. The molecule has 7 nitrogen and oxygen atoms in total. The van der Waals surface area contributed by atoms with Crippen molar-refractivity contribution in [2.45, 2.75) is 11.1 Å². The van der Waals surface area contributed by atoms with Gasteiger partial charge in [-0.25, -0.2) is 12.8 Å². The number of nitrogens with one attached hydrogen (secondary N) is 1. The molecule has 152 valence electrons. The van der Waals surface area contributed by atoms with E-state index in [-0.39, 0.29) is 21.7 Å². The summed E-state index contributed by atoms with van der Waals surface area (Å²) in [5.41, 5.74) is 1.70. The minimum Gasteiger partial charge on any atom is -0.334 e. The quantitative estimate of drug-likeness (QED) is 0.437. The van der Waals surface area contributed by atoms with E-state index >= 15 is 0 Å². The summed E-state index contributed by atoms with van der Waals surface area (Å²) >= 11 is 0.994. The fraction of sp³-hybridized carbons (Fsp3) is 0.0500. The fourth-order valence-electron chi connectivity index (χ4n) is 2.63. The number of ketones is 1. The van der Waals surface area contributed by atoms with E-state index in [0.717, 1.165) is 11.3 Å². The Labute approximate surface area is 175 Å². The van der Waals surface area contributed by atoms with Crippen molar-refractivity contribution in [1.29, 1.82) is 0 Å². The molecule has 0 saturated carbocycles. The van der Waals surface area contributed by atoms with Gasteiger partial charge < -0.3 is 4.52 Å². The summed E-state index contributed by atoms with van der Waals surface area (Å²) in [4.78, 5) is 15.5. The molecule has 2 aromatic carbocycles. The summed E-state index contributed by atoms with van der Waals surface area (Å²) in [6.45, 7) is 1.43. The zero-order valence-corrected chi connectivity index (χ0v) is 17.1. The molecule has 4 rings (SSSR count). The summed E-state index contributed by atoms with van der Waals surface area (Å²) in [5, 5.41) is 5.40. The van der Waals surface area contributed by atoms with Gasteiger partial charge in [0.2, 0.25) is 5.82 Å². The van der Waals surface area contributed by atoms with Crippen LogP contribution in [-0.2, 0) is 10.0 Å². The second kappa shape index (κ2) is 7.81. The van der Waals surface area contributed by atoms with Crippen LogP contribution in [0.15, 0.2) is 68.7 Å². The number of sulfonamides is 1. The van der Waals surface area contributed by atoms with Crippen LogP contribution in [0.3, 0.4) is 0 Å². The molecule has 2 aromatic heterocycles. The second-order valence-corrected chi connectivity index (χ2v) is 9.15. The summed E-state index contributed by atoms with van der Waals surface area (Å²) < 4.78 is 46.4. The molecule has 0 amide bonds. The van der Waals surface area contributed by atoms with Crippen molar-refractivity contribution in [2.75, 3.05) is 4.72 Å². The number of hydrogen-bond acceptors (Lipinski definition) is 7. The predicted octanol–water partition coefficient (Wildman–Crippen LogP) is 4.61. The average molecular weight is 443 g/mol. The lowest BCUT2D eigenvalue weighted by Gasteiger charge is -2.06. The monoisotopic (exact) mass is 443 g/mol. The Morgan fingerprint density at radius 1 is 1.10 bits per heavy atom. The number of aromatic nitrogens is 2. The maximum Gasteiger partial charge on any atom is 0.271 e. The van der Waals surface area contributed by atoms with E-state index in [9.17, 15) is 17.6 Å². The number of anilines is 1. The molecule has 10 heteroatoms. The molecule has 2 heterocycles. The first-order valence-corrected chi connectivity index (χ1v) is 11.0. The number of nitrogens with zero attached hydrogens (tertiary/aromatic N) is 2. The molecule has 30 heavy (non-hydrogen) atoms. The Balaban J connectivity index is 1.55. The van der Waals surface area contributed by atoms with Gasteiger partial charge in [-0.3, -0.25) is 9.52 Å². The molecule has 0 saturated heterocycles. The van der Waals surface area contributed by atoms with Crippen molar-refractivity contribution < 1.29 is 22.1 Å². The minimum absolute atomic E-state index is 0.0543. The maximum atomic E-state index is 13.4. The first-order chi connectivity index (χ1) is 14.3. The van der Waals surface area contributed by atoms with Crippen molar-refractivity contribution >= 4 is 32.8 Å². The number of carbonyl (C=O) groups excluding carboxylic acids is 1. The zero-order valence-electron chi connectivity index (χ0n) is 15.5. The van der Waals surface area contributed by atoms with Crippen molar-refractivity contribution in [1.82, 2.24) is 10.1 Å². The number of Topliss-reactive ketones (excluding diaryl/α,β-unsaturated/α-hetero) is 1. The molecule has 0 aliphatic heterocycles. The van der Waals surface area contributed by atoms with Crippen LogP contribution < -0.4 is 4.72 Å². The molecule has 0 atom stereocenters. The van der Waals surface area contributed by atoms with Gasteiger partial charge in [-0.05, 0) is 49.4 Å². The largest absolute Gasteiger partial charge is 0.334 e. The van der Waals surface area contributed by atoms with Crippen molar-refractivity contribution in [3.05, 3.63) is 71.4 Å². The molecule has 0 spiro atoms. The highest BCUT2D eigenvalue weighted by Crippen LogP contribution is 2.30. The maximum absolute atomic E-state index is 13.4. The SMILES string of the molecule is CC(=O)c1ccc(NS(=O)(=O)c2cc(-c3nc(-c4cccc(F)c4)no3)cs2)cc1. The molecule has 0 unspecified atom stereocenters. The van der Waals surface area contributed by atoms with Crippen molar-refractivity contribution in [2.24, 2.45) is 0 Å². The van der Waals surface area contributed by atoms with Crippen LogP contribution >= 0.6 is 11.3 Å². The van der Waals surface area contributed by atoms with Crippen molar-refractivity contribution in [3.63, 3.8) is 0 Å². The van der Waals surface area contributed by atoms with Gasteiger partial charge in [0.15, 0.2) is 5.78 Å². The number of hydrogen-bond donors (Lipinski definition) is 1. The third kappa shape index (κ3) is 4.14. The van der Waals surface area contributed by atoms with Gasteiger partial charge in [-0.2, -0.15) is 4.98 Å². The highest BCUT2D eigenvalue weighted by atomic mass is 32.2. The Hall–Kier alpha value is -3.37. The van der Waals surface area contributed by atoms with Crippen LogP contribution in [-0.4, -0.2) is 24.3 Å². The Morgan fingerprint density at radius 3 is 2.57 bits per heavy atom. The van der Waals surface area contributed by atoms with Crippen LogP contribution in [0.25, 0.3) is 22.8 Å². The molecule has 0 bridgehead atoms. The van der Waals surface area contributed by atoms with Crippen LogP contribution in [0.2, 0.25) is 0 Å². The molecule has 0 radical (unpaired) electrons. The van der Waals surface area contributed by atoms with Gasteiger partial charge in [0.1, 0.15) is 10.0 Å². The third-order valence-electron chi connectivity index (χ3n) is 4.14. The zero-order chi connectivity index (χ0) is 21.3. The third-order valence-corrected chi connectivity index (χ3v) is 6.96. The van der Waals surface area contributed by atoms with Gasteiger partial charge in [0.25, 0.3) is 15.9 Å². The van der Waals surface area contributed by atoms with Crippen LogP contribution in [0.1, 0.15) is 17.3 Å². The van der Waals surface area contributed by atoms with E-state index in [1.807, 2.05) is 0 Å². The van der Waals surface area contributed by atoms with Crippen LogP contribution in [0.5, 0.6) is 0 Å². The second-order valence-electron chi connectivity index (χ2n) is 6.33. The van der Waals surface area contributed by atoms with Gasteiger partial charge in [0.05, 0.1) is 5.56 Å². The fourth-order valence-corrected chi connectivity index (χ4v) is 4.85. The number of thiophene rings is 1. The van der Waals surface area contributed by atoms with Gasteiger partial charge in [-0.15, -0.1) is 11.3 Å². The minimum atomic E-state index is -3.84. The summed E-state index contributed by atoms with van der Waals surface area (Å²) in [5.74, 6) is -0.212. The summed E-state index contributed by atoms with van der Waals surface area (Å²) in [6.07, 6.45) is 0. The Morgan fingerprint density at radius 2 is 1.87 bits per heavy atom. The van der Waals surface area contributed by atoms with Crippen molar-refractivity contribution in [3.8, 4) is 22.8 Å². The van der Waals surface area contributed by atoms with Gasteiger partial charge in [-0.1, -0.05) is 17.3 Å². The molecule has 0 aliphatic rings. The highest BCUT2D eigenvalue weighted by Gasteiger charge is 2.20. The topological polar surface area (TPSA) is 102 Å². The first-order valence-electron chi connectivity index (χ1n) is 8.64. The van der Waals surface area contributed by atoms with E-state index < -0.39 is 15.8 Å². The number of benzene rings is 2. The molecule has 0 fully saturated rings. The predicted molar refractivity (Wildman–Crippen MR) is 110 cm³/mol. The number of carbonyl (C=O) groups is 1. The Bertz CT molecular complexity index is 1330. The molecular formula is C20H14FN3O4S2. The standard InChI is InChI=1S/C20H14FN3O4S2/c1-12(25)13-5-7-17(8-6-13)24-30(26,27)18-10-15(11-29-18)20-22-19(23-28-20)14-3-2-4-16(21)9-14/h2-11,24H,1H3. The van der Waals surface area contributed by atoms with E-state index in [2.05, 4.69) is 14.9 Å². The van der Waals surface area contributed by atoms with Crippen LogP contribution in [0, 0.1) is 5.82 Å². The number of rotatable bonds is 6. The summed E-state index contributed by atoms with van der Waals surface area (Å²) in [7, 11) is -3.84. The molecular weight excluding hydrogens is 429 g/mol. The Kier molecular flexibility index (Phi) is 5.18. The van der Waals surface area contributed by atoms with Gasteiger partial charge >= 0.3 is 0 Å². The smallest absolute Gasteiger partial charge is 0.271 e. The van der Waals surface area contributed by atoms with Crippen LogP contribution in [0.4, 0.5) is 10.1 Å². The lowest BCUT2D eigenvalue weighted by atomic mass is 10.1. The highest BCUT2D eigenvalue weighted by molar-refractivity contribution is 7.94. The summed E-state index contributed by atoms with van der Waals surface area (Å²) in [6, 6.07) is 13.3. The van der Waals surface area contributed by atoms with Gasteiger partial charge in [0, 0.05) is 22.2 Å².